The van der Waals surface area contributed by atoms with Crippen LogP contribution in [-0.2, 0) is 14.3 Å². The summed E-state index contributed by atoms with van der Waals surface area (Å²) >= 11 is 0. The minimum absolute atomic E-state index is 0.109. The first-order valence-electron chi connectivity index (χ1n) is 10.9. The van der Waals surface area contributed by atoms with Gasteiger partial charge in [-0.3, -0.25) is 9.59 Å². The van der Waals surface area contributed by atoms with Gasteiger partial charge in [-0.05, 0) is 75.0 Å². The maximum atomic E-state index is 13.9. The molecule has 0 spiro atoms. The largest absolute Gasteiger partial charge is 0.469 e. The summed E-state index contributed by atoms with van der Waals surface area (Å²) in [6.07, 6.45) is 12.5. The van der Waals surface area contributed by atoms with Gasteiger partial charge >= 0.3 is 5.97 Å². The molecule has 5 saturated carbocycles. The molecule has 4 bridgehead atoms. The molecule has 4 heteroatoms. The van der Waals surface area contributed by atoms with Crippen molar-refractivity contribution in [3.05, 3.63) is 0 Å². The Kier molecular flexibility index (Phi) is 5.04. The minimum Gasteiger partial charge on any atom is -0.469 e. The average Bonchev–Trinajstić information content (AvgIpc) is 2.61. The number of carbonyl (C=O) groups excluding carboxylic acids is 2. The SMILES string of the molecule is COC(=O)CCN(C(=O)C12CC3CC(CC(C3)C1)C2)C1CCCCC1C. The van der Waals surface area contributed by atoms with Gasteiger partial charge in [-0.2, -0.15) is 0 Å². The molecule has 0 aromatic rings. The van der Waals surface area contributed by atoms with Crippen molar-refractivity contribution in [3.63, 3.8) is 0 Å². The highest BCUT2D eigenvalue weighted by atomic mass is 16.5. The highest BCUT2D eigenvalue weighted by Crippen LogP contribution is 2.60. The standard InChI is InChI=1S/C22H35NO3/c1-15-5-3-4-6-19(15)23(8-7-20(24)26-2)21(25)22-12-16-9-17(13-22)11-18(10-16)14-22/h15-19H,3-14H2,1-2H3. The molecule has 0 radical (unpaired) electrons. The third-order valence-corrected chi connectivity index (χ3v) is 8.00. The van der Waals surface area contributed by atoms with Gasteiger partial charge in [0.1, 0.15) is 0 Å². The van der Waals surface area contributed by atoms with Crippen LogP contribution >= 0.6 is 0 Å². The van der Waals surface area contributed by atoms with Crippen molar-refractivity contribution < 1.29 is 14.3 Å². The van der Waals surface area contributed by atoms with Gasteiger partial charge in [-0.15, -0.1) is 0 Å². The van der Waals surface area contributed by atoms with Crippen LogP contribution in [0.5, 0.6) is 0 Å². The maximum Gasteiger partial charge on any atom is 0.307 e. The van der Waals surface area contributed by atoms with Gasteiger partial charge in [-0.1, -0.05) is 19.8 Å². The molecule has 0 saturated heterocycles. The van der Waals surface area contributed by atoms with Gasteiger partial charge in [0.2, 0.25) is 5.91 Å². The normalized spacial score (nSPS) is 41.1. The Bertz CT molecular complexity index is 522. The molecule has 5 rings (SSSR count). The van der Waals surface area contributed by atoms with Crippen LogP contribution in [0.15, 0.2) is 0 Å². The van der Waals surface area contributed by atoms with Crippen LogP contribution in [0.25, 0.3) is 0 Å². The smallest absolute Gasteiger partial charge is 0.307 e. The maximum absolute atomic E-state index is 13.9. The number of hydrogen-bond acceptors (Lipinski definition) is 3. The summed E-state index contributed by atoms with van der Waals surface area (Å²) < 4.78 is 4.87. The number of rotatable bonds is 5. The van der Waals surface area contributed by atoms with Crippen molar-refractivity contribution in [1.29, 1.82) is 0 Å². The number of carbonyl (C=O) groups is 2. The molecule has 26 heavy (non-hydrogen) atoms. The number of ether oxygens (including phenoxy) is 1. The zero-order valence-electron chi connectivity index (χ0n) is 16.5. The van der Waals surface area contributed by atoms with Crippen LogP contribution in [0.2, 0.25) is 0 Å². The fourth-order valence-corrected chi connectivity index (χ4v) is 7.17. The Hall–Kier alpha value is -1.06. The zero-order chi connectivity index (χ0) is 18.3. The summed E-state index contributed by atoms with van der Waals surface area (Å²) in [6, 6.07) is 0.314. The number of amides is 1. The fourth-order valence-electron chi connectivity index (χ4n) is 7.17. The molecule has 0 N–H and O–H groups in total. The first-order chi connectivity index (χ1) is 12.5. The Labute approximate surface area is 158 Å². The van der Waals surface area contributed by atoms with Gasteiger partial charge in [0.15, 0.2) is 0 Å². The second-order valence-electron chi connectivity index (χ2n) is 9.85. The molecule has 2 unspecified atom stereocenters. The first-order valence-corrected chi connectivity index (χ1v) is 10.9. The van der Waals surface area contributed by atoms with Crippen molar-refractivity contribution in [2.24, 2.45) is 29.1 Å². The third-order valence-electron chi connectivity index (χ3n) is 8.00. The van der Waals surface area contributed by atoms with E-state index in [0.717, 1.165) is 43.4 Å². The van der Waals surface area contributed by atoms with Crippen molar-refractivity contribution in [1.82, 2.24) is 4.90 Å². The molecule has 0 aromatic heterocycles. The van der Waals surface area contributed by atoms with Crippen LogP contribution in [0.4, 0.5) is 0 Å². The van der Waals surface area contributed by atoms with Gasteiger partial charge in [0, 0.05) is 12.6 Å². The molecule has 5 fully saturated rings. The third kappa shape index (κ3) is 3.29. The van der Waals surface area contributed by atoms with E-state index in [4.69, 9.17) is 4.74 Å². The van der Waals surface area contributed by atoms with Gasteiger partial charge in [-0.25, -0.2) is 0 Å². The van der Waals surface area contributed by atoms with Crippen molar-refractivity contribution >= 4 is 11.9 Å². The van der Waals surface area contributed by atoms with Gasteiger partial charge in [0.05, 0.1) is 18.9 Å². The predicted molar refractivity (Wildman–Crippen MR) is 100 cm³/mol. The number of hydrogen-bond donors (Lipinski definition) is 0. The summed E-state index contributed by atoms with van der Waals surface area (Å²) in [7, 11) is 1.44. The quantitative estimate of drug-likeness (QED) is 0.690. The number of esters is 1. The lowest BCUT2D eigenvalue weighted by atomic mass is 9.49. The molecule has 146 valence electrons. The summed E-state index contributed by atoms with van der Waals surface area (Å²) in [6.45, 7) is 2.84. The highest BCUT2D eigenvalue weighted by Gasteiger charge is 2.56. The Morgan fingerprint density at radius 3 is 2.12 bits per heavy atom. The summed E-state index contributed by atoms with van der Waals surface area (Å²) in [5.41, 5.74) is -0.109. The van der Waals surface area contributed by atoms with Crippen LogP contribution in [0.3, 0.4) is 0 Å². The second kappa shape index (κ2) is 7.16. The molecule has 0 heterocycles. The molecule has 5 aliphatic rings. The van der Waals surface area contributed by atoms with Crippen LogP contribution in [-0.4, -0.2) is 36.5 Å². The van der Waals surface area contributed by atoms with Gasteiger partial charge < -0.3 is 9.64 Å². The molecule has 4 nitrogen and oxygen atoms in total. The van der Waals surface area contributed by atoms with E-state index in [-0.39, 0.29) is 11.4 Å². The summed E-state index contributed by atoms with van der Waals surface area (Å²) in [4.78, 5) is 27.9. The van der Waals surface area contributed by atoms with E-state index in [0.29, 0.717) is 30.8 Å². The molecule has 0 aromatic carbocycles. The van der Waals surface area contributed by atoms with Crippen LogP contribution < -0.4 is 0 Å². The predicted octanol–water partition coefficient (Wildman–Crippen LogP) is 4.17. The van der Waals surface area contributed by atoms with E-state index in [2.05, 4.69) is 11.8 Å². The zero-order valence-corrected chi connectivity index (χ0v) is 16.5. The first kappa shape index (κ1) is 18.3. The Balaban J connectivity index is 1.56. The number of methoxy groups -OCH3 is 1. The molecular formula is C22H35NO3. The fraction of sp³-hybridized carbons (Fsp3) is 0.909. The number of nitrogens with zero attached hydrogens (tertiary/aromatic N) is 1. The summed E-state index contributed by atoms with van der Waals surface area (Å²) in [5, 5.41) is 0. The molecule has 1 amide bonds. The van der Waals surface area contributed by atoms with E-state index in [9.17, 15) is 9.59 Å². The summed E-state index contributed by atoms with van der Waals surface area (Å²) in [5.74, 6) is 3.06. The minimum atomic E-state index is -0.197. The monoisotopic (exact) mass is 361 g/mol. The molecule has 0 aliphatic heterocycles. The van der Waals surface area contributed by atoms with E-state index in [1.807, 2.05) is 0 Å². The topological polar surface area (TPSA) is 46.6 Å². The van der Waals surface area contributed by atoms with E-state index in [1.54, 1.807) is 0 Å². The van der Waals surface area contributed by atoms with Crippen molar-refractivity contribution in [3.8, 4) is 0 Å². The Morgan fingerprint density at radius 2 is 1.58 bits per heavy atom. The Morgan fingerprint density at radius 1 is 1.00 bits per heavy atom. The van der Waals surface area contributed by atoms with E-state index in [1.165, 1.54) is 45.6 Å². The molecule has 5 aliphatic carbocycles. The lowest BCUT2D eigenvalue weighted by Gasteiger charge is -2.57. The molecule has 2 atom stereocenters. The van der Waals surface area contributed by atoms with Crippen LogP contribution in [0, 0.1) is 29.1 Å². The van der Waals surface area contributed by atoms with E-state index < -0.39 is 0 Å². The van der Waals surface area contributed by atoms with E-state index >= 15 is 0 Å². The van der Waals surface area contributed by atoms with Crippen molar-refractivity contribution in [2.45, 2.75) is 83.6 Å². The lowest BCUT2D eigenvalue weighted by Crippen LogP contribution is -2.58. The molecular weight excluding hydrogens is 326 g/mol. The second-order valence-corrected chi connectivity index (χ2v) is 9.85. The average molecular weight is 362 g/mol. The van der Waals surface area contributed by atoms with Gasteiger partial charge in [0.25, 0.3) is 0 Å². The van der Waals surface area contributed by atoms with Crippen molar-refractivity contribution in [2.75, 3.05) is 13.7 Å². The highest BCUT2D eigenvalue weighted by molar-refractivity contribution is 5.84. The lowest BCUT2D eigenvalue weighted by molar-refractivity contribution is -0.162. The van der Waals surface area contributed by atoms with Crippen LogP contribution in [0.1, 0.15) is 77.6 Å².